The molecule has 0 bridgehead atoms. The van der Waals surface area contributed by atoms with Gasteiger partial charge in [-0.2, -0.15) is 0 Å². The highest BCUT2D eigenvalue weighted by molar-refractivity contribution is 5.69. The number of carbonyl (C=O) groups is 1. The lowest BCUT2D eigenvalue weighted by Crippen LogP contribution is -2.39. The second-order valence-corrected chi connectivity index (χ2v) is 5.17. The van der Waals surface area contributed by atoms with Gasteiger partial charge in [-0.05, 0) is 32.2 Å². The molecule has 0 fully saturated rings. The van der Waals surface area contributed by atoms with E-state index < -0.39 is 5.97 Å². The van der Waals surface area contributed by atoms with Gasteiger partial charge in [0.2, 0.25) is 0 Å². The molecule has 96 valence electrons. The molecule has 0 aromatic heterocycles. The molecular weight excluding hydrogens is 202 g/mol. The lowest BCUT2D eigenvalue weighted by atomic mass is 10.1. The van der Waals surface area contributed by atoms with Crippen molar-refractivity contribution in [3.63, 3.8) is 0 Å². The van der Waals surface area contributed by atoms with Crippen LogP contribution in [0.25, 0.3) is 0 Å². The smallest absolute Gasteiger partial charge is 0.307 e. The van der Waals surface area contributed by atoms with Crippen LogP contribution in [0, 0.1) is 11.8 Å². The Labute approximate surface area is 99.8 Å². The zero-order valence-corrected chi connectivity index (χ0v) is 11.4. The third-order valence-electron chi connectivity index (χ3n) is 3.14. The standard InChI is InChI=1S/C13H27NO2/c1-6-12(5)14(8-7-10(2)3)9-11(4)13(15)16/h10-12H,6-9H2,1-5H3,(H,15,16). The van der Waals surface area contributed by atoms with E-state index in [9.17, 15) is 4.79 Å². The number of carboxylic acid groups (broad SMARTS) is 1. The molecule has 0 aliphatic carbocycles. The van der Waals surface area contributed by atoms with Crippen LogP contribution in [0.2, 0.25) is 0 Å². The highest BCUT2D eigenvalue weighted by Crippen LogP contribution is 2.11. The third-order valence-corrected chi connectivity index (χ3v) is 3.14. The Kier molecular flexibility index (Phi) is 7.39. The van der Waals surface area contributed by atoms with Crippen molar-refractivity contribution in [2.45, 2.75) is 53.5 Å². The molecule has 2 atom stereocenters. The third kappa shape index (κ3) is 6.11. The summed E-state index contributed by atoms with van der Waals surface area (Å²) in [6, 6.07) is 0.473. The molecule has 0 aromatic carbocycles. The van der Waals surface area contributed by atoms with Gasteiger partial charge in [-0.3, -0.25) is 9.69 Å². The zero-order valence-electron chi connectivity index (χ0n) is 11.4. The molecule has 0 aliphatic rings. The number of carboxylic acids is 1. The van der Waals surface area contributed by atoms with Gasteiger partial charge in [0, 0.05) is 12.6 Å². The van der Waals surface area contributed by atoms with Crippen molar-refractivity contribution in [3.8, 4) is 0 Å². The van der Waals surface area contributed by atoms with Crippen LogP contribution in [0.5, 0.6) is 0 Å². The fraction of sp³-hybridized carbons (Fsp3) is 0.923. The van der Waals surface area contributed by atoms with Crippen LogP contribution < -0.4 is 0 Å². The van der Waals surface area contributed by atoms with Crippen molar-refractivity contribution in [2.75, 3.05) is 13.1 Å². The summed E-state index contributed by atoms with van der Waals surface area (Å²) >= 11 is 0. The van der Waals surface area contributed by atoms with Crippen LogP contribution in [0.15, 0.2) is 0 Å². The second-order valence-electron chi connectivity index (χ2n) is 5.17. The molecule has 3 heteroatoms. The quantitative estimate of drug-likeness (QED) is 0.695. The fourth-order valence-corrected chi connectivity index (χ4v) is 1.60. The molecule has 2 unspecified atom stereocenters. The van der Waals surface area contributed by atoms with Crippen molar-refractivity contribution < 1.29 is 9.90 Å². The molecule has 0 rings (SSSR count). The van der Waals surface area contributed by atoms with E-state index in [2.05, 4.69) is 32.6 Å². The maximum atomic E-state index is 10.9. The van der Waals surface area contributed by atoms with Crippen LogP contribution in [0.1, 0.15) is 47.5 Å². The second kappa shape index (κ2) is 7.66. The predicted octanol–water partition coefficient (Wildman–Crippen LogP) is 2.85. The van der Waals surface area contributed by atoms with Gasteiger partial charge in [0.15, 0.2) is 0 Å². The largest absolute Gasteiger partial charge is 0.481 e. The predicted molar refractivity (Wildman–Crippen MR) is 67.6 cm³/mol. The van der Waals surface area contributed by atoms with Crippen LogP contribution in [-0.4, -0.2) is 35.1 Å². The molecule has 0 amide bonds. The van der Waals surface area contributed by atoms with Crippen LogP contribution in [0.4, 0.5) is 0 Å². The summed E-state index contributed by atoms with van der Waals surface area (Å²) in [5.41, 5.74) is 0. The van der Waals surface area contributed by atoms with Crippen molar-refractivity contribution in [3.05, 3.63) is 0 Å². The average molecular weight is 229 g/mol. The zero-order chi connectivity index (χ0) is 12.7. The van der Waals surface area contributed by atoms with Crippen LogP contribution in [-0.2, 0) is 4.79 Å². The first kappa shape index (κ1) is 15.4. The Bertz CT molecular complexity index is 204. The molecule has 0 radical (unpaired) electrons. The first-order valence-electron chi connectivity index (χ1n) is 6.35. The van der Waals surface area contributed by atoms with E-state index in [0.29, 0.717) is 18.5 Å². The Morgan fingerprint density at radius 3 is 2.19 bits per heavy atom. The van der Waals surface area contributed by atoms with Gasteiger partial charge in [-0.15, -0.1) is 0 Å². The normalized spacial score (nSPS) is 15.4. The molecule has 0 saturated heterocycles. The monoisotopic (exact) mass is 229 g/mol. The minimum absolute atomic E-state index is 0.277. The number of hydrogen-bond acceptors (Lipinski definition) is 2. The summed E-state index contributed by atoms with van der Waals surface area (Å²) in [4.78, 5) is 13.2. The van der Waals surface area contributed by atoms with Crippen molar-refractivity contribution in [1.29, 1.82) is 0 Å². The van der Waals surface area contributed by atoms with Crippen LogP contribution >= 0.6 is 0 Å². The van der Waals surface area contributed by atoms with E-state index in [1.807, 2.05) is 0 Å². The summed E-state index contributed by atoms with van der Waals surface area (Å²) in [6.07, 6.45) is 2.21. The molecule has 0 heterocycles. The molecule has 1 N–H and O–H groups in total. The van der Waals surface area contributed by atoms with E-state index in [0.717, 1.165) is 19.4 Å². The first-order valence-corrected chi connectivity index (χ1v) is 6.35. The Morgan fingerprint density at radius 2 is 1.81 bits per heavy atom. The summed E-state index contributed by atoms with van der Waals surface area (Å²) in [6.45, 7) is 12.2. The summed E-state index contributed by atoms with van der Waals surface area (Å²) in [5, 5.41) is 8.94. The van der Waals surface area contributed by atoms with Gasteiger partial charge in [0.1, 0.15) is 0 Å². The molecule has 0 spiro atoms. The van der Waals surface area contributed by atoms with Gasteiger partial charge in [-0.1, -0.05) is 27.7 Å². The lowest BCUT2D eigenvalue weighted by Gasteiger charge is -2.30. The molecule has 3 nitrogen and oxygen atoms in total. The molecule has 0 saturated carbocycles. The SMILES string of the molecule is CCC(C)N(CCC(C)C)CC(C)C(=O)O. The van der Waals surface area contributed by atoms with E-state index in [1.165, 1.54) is 0 Å². The Hall–Kier alpha value is -0.570. The van der Waals surface area contributed by atoms with Crippen molar-refractivity contribution >= 4 is 5.97 Å². The van der Waals surface area contributed by atoms with E-state index in [4.69, 9.17) is 5.11 Å². The molecular formula is C13H27NO2. The fourth-order valence-electron chi connectivity index (χ4n) is 1.60. The summed E-state index contributed by atoms with van der Waals surface area (Å²) in [7, 11) is 0. The molecule has 0 aliphatic heterocycles. The maximum Gasteiger partial charge on any atom is 0.307 e. The number of nitrogens with zero attached hydrogens (tertiary/aromatic N) is 1. The number of aliphatic carboxylic acids is 1. The van der Waals surface area contributed by atoms with E-state index in [-0.39, 0.29) is 5.92 Å². The lowest BCUT2D eigenvalue weighted by molar-refractivity contribution is -0.141. The van der Waals surface area contributed by atoms with Crippen molar-refractivity contribution in [2.24, 2.45) is 11.8 Å². The van der Waals surface area contributed by atoms with Gasteiger partial charge in [0.05, 0.1) is 5.92 Å². The van der Waals surface area contributed by atoms with Gasteiger partial charge >= 0.3 is 5.97 Å². The Morgan fingerprint density at radius 1 is 1.25 bits per heavy atom. The van der Waals surface area contributed by atoms with Crippen molar-refractivity contribution in [1.82, 2.24) is 4.90 Å². The molecule has 16 heavy (non-hydrogen) atoms. The Balaban J connectivity index is 4.25. The topological polar surface area (TPSA) is 40.5 Å². The highest BCUT2D eigenvalue weighted by atomic mass is 16.4. The minimum Gasteiger partial charge on any atom is -0.481 e. The van der Waals surface area contributed by atoms with E-state index in [1.54, 1.807) is 6.92 Å². The number of hydrogen-bond donors (Lipinski definition) is 1. The van der Waals surface area contributed by atoms with Gasteiger partial charge in [0.25, 0.3) is 0 Å². The highest BCUT2D eigenvalue weighted by Gasteiger charge is 2.19. The van der Waals surface area contributed by atoms with Gasteiger partial charge in [-0.25, -0.2) is 0 Å². The summed E-state index contributed by atoms with van der Waals surface area (Å²) in [5.74, 6) is -0.300. The van der Waals surface area contributed by atoms with Gasteiger partial charge < -0.3 is 5.11 Å². The molecule has 0 aromatic rings. The maximum absolute atomic E-state index is 10.9. The minimum atomic E-state index is -0.696. The summed E-state index contributed by atoms with van der Waals surface area (Å²) < 4.78 is 0. The van der Waals surface area contributed by atoms with E-state index >= 15 is 0 Å². The number of rotatable bonds is 8. The first-order chi connectivity index (χ1) is 7.38. The average Bonchev–Trinajstić information content (AvgIpc) is 2.22. The van der Waals surface area contributed by atoms with Crippen LogP contribution in [0.3, 0.4) is 0 Å².